The van der Waals surface area contributed by atoms with E-state index in [-0.39, 0.29) is 12.0 Å². The maximum Gasteiger partial charge on any atom is 0.338 e. The molecule has 0 aromatic heterocycles. The van der Waals surface area contributed by atoms with Gasteiger partial charge in [0.05, 0.1) is 5.56 Å². The summed E-state index contributed by atoms with van der Waals surface area (Å²) < 4.78 is 5.32. The molecule has 0 aliphatic rings. The average Bonchev–Trinajstić information content (AvgIpc) is 2.46. The van der Waals surface area contributed by atoms with E-state index >= 15 is 0 Å². The van der Waals surface area contributed by atoms with Crippen LogP contribution in [-0.2, 0) is 4.74 Å². The highest BCUT2D eigenvalue weighted by Gasteiger charge is 2.13. The van der Waals surface area contributed by atoms with Crippen LogP contribution in [-0.4, -0.2) is 36.6 Å². The standard InChI is InChI=1S/C14H23N3O2/c1-4-17(5-2)11(3)10-19-14(18)12-6-8-13(16-15)9-7-12/h6-9,11,16H,4-5,10,15H2,1-3H3. The van der Waals surface area contributed by atoms with E-state index in [0.717, 1.165) is 18.8 Å². The van der Waals surface area contributed by atoms with Gasteiger partial charge in [0, 0.05) is 11.7 Å². The summed E-state index contributed by atoms with van der Waals surface area (Å²) in [4.78, 5) is 14.1. The van der Waals surface area contributed by atoms with Gasteiger partial charge in [-0.2, -0.15) is 0 Å². The molecule has 3 N–H and O–H groups in total. The van der Waals surface area contributed by atoms with Crippen molar-refractivity contribution in [2.24, 2.45) is 5.84 Å². The van der Waals surface area contributed by atoms with E-state index in [1.807, 2.05) is 0 Å². The number of anilines is 1. The lowest BCUT2D eigenvalue weighted by atomic mass is 10.2. The lowest BCUT2D eigenvalue weighted by Gasteiger charge is -2.25. The van der Waals surface area contributed by atoms with Gasteiger partial charge in [-0.25, -0.2) is 4.79 Å². The molecule has 0 aliphatic carbocycles. The number of nitrogens with zero attached hydrogens (tertiary/aromatic N) is 1. The van der Waals surface area contributed by atoms with Gasteiger partial charge >= 0.3 is 5.97 Å². The maximum atomic E-state index is 11.9. The Kier molecular flexibility index (Phi) is 6.32. The molecule has 1 unspecified atom stereocenters. The summed E-state index contributed by atoms with van der Waals surface area (Å²) in [7, 11) is 0. The summed E-state index contributed by atoms with van der Waals surface area (Å²) in [5, 5.41) is 0. The number of carbonyl (C=O) groups is 1. The summed E-state index contributed by atoms with van der Waals surface area (Å²) >= 11 is 0. The predicted molar refractivity (Wildman–Crippen MR) is 76.9 cm³/mol. The minimum atomic E-state index is -0.303. The van der Waals surface area contributed by atoms with Crippen molar-refractivity contribution >= 4 is 11.7 Å². The minimum absolute atomic E-state index is 0.226. The summed E-state index contributed by atoms with van der Waals surface area (Å²) in [6, 6.07) is 7.09. The minimum Gasteiger partial charge on any atom is -0.460 e. The molecule has 1 aromatic rings. The molecule has 0 aliphatic heterocycles. The van der Waals surface area contributed by atoms with E-state index in [2.05, 4.69) is 31.1 Å². The van der Waals surface area contributed by atoms with Gasteiger partial charge in [-0.15, -0.1) is 0 Å². The Hall–Kier alpha value is -1.59. The molecule has 1 rings (SSSR count). The molecule has 0 spiro atoms. The van der Waals surface area contributed by atoms with Crippen LogP contribution in [0.1, 0.15) is 31.1 Å². The largest absolute Gasteiger partial charge is 0.460 e. The van der Waals surface area contributed by atoms with E-state index < -0.39 is 0 Å². The zero-order valence-electron chi connectivity index (χ0n) is 11.8. The molecule has 0 radical (unpaired) electrons. The third-order valence-electron chi connectivity index (χ3n) is 3.18. The first-order valence-electron chi connectivity index (χ1n) is 6.60. The monoisotopic (exact) mass is 265 g/mol. The van der Waals surface area contributed by atoms with E-state index in [1.165, 1.54) is 0 Å². The Bertz CT molecular complexity index is 388. The van der Waals surface area contributed by atoms with Gasteiger partial charge in [-0.1, -0.05) is 13.8 Å². The number of nitrogens with one attached hydrogen (secondary N) is 1. The second kappa shape index (κ2) is 7.76. The van der Waals surface area contributed by atoms with Crippen LogP contribution in [0, 0.1) is 0 Å². The van der Waals surface area contributed by atoms with E-state index in [4.69, 9.17) is 10.6 Å². The lowest BCUT2D eigenvalue weighted by molar-refractivity contribution is 0.0381. The highest BCUT2D eigenvalue weighted by molar-refractivity contribution is 5.89. The number of ether oxygens (including phenoxy) is 1. The van der Waals surface area contributed by atoms with Crippen LogP contribution in [0.4, 0.5) is 5.69 Å². The molecule has 19 heavy (non-hydrogen) atoms. The summed E-state index contributed by atoms with van der Waals surface area (Å²) in [6.07, 6.45) is 0. The number of hydrazine groups is 1. The number of hydrogen-bond acceptors (Lipinski definition) is 5. The van der Waals surface area contributed by atoms with Gasteiger partial charge in [0.15, 0.2) is 0 Å². The second-order valence-electron chi connectivity index (χ2n) is 4.39. The number of likely N-dealkylation sites (N-methyl/N-ethyl adjacent to an activating group) is 1. The van der Waals surface area contributed by atoms with Gasteiger partial charge < -0.3 is 10.2 Å². The van der Waals surface area contributed by atoms with Crippen molar-refractivity contribution in [2.45, 2.75) is 26.8 Å². The molecule has 0 amide bonds. The lowest BCUT2D eigenvalue weighted by Crippen LogP contribution is -2.36. The number of carbonyl (C=O) groups excluding carboxylic acids is 1. The number of benzene rings is 1. The van der Waals surface area contributed by atoms with Crippen molar-refractivity contribution in [3.63, 3.8) is 0 Å². The fraction of sp³-hybridized carbons (Fsp3) is 0.500. The van der Waals surface area contributed by atoms with Crippen molar-refractivity contribution < 1.29 is 9.53 Å². The Balaban J connectivity index is 2.50. The number of nitrogen functional groups attached to an aromatic ring is 1. The quantitative estimate of drug-likeness (QED) is 0.447. The van der Waals surface area contributed by atoms with Gasteiger partial charge in [-0.05, 0) is 44.3 Å². The van der Waals surface area contributed by atoms with Crippen LogP contribution in [0.25, 0.3) is 0 Å². The van der Waals surface area contributed by atoms with Gasteiger partial charge in [0.2, 0.25) is 0 Å². The number of nitrogens with two attached hydrogens (primary N) is 1. The first kappa shape index (κ1) is 15.5. The van der Waals surface area contributed by atoms with E-state index in [0.29, 0.717) is 12.2 Å². The molecule has 1 aromatic carbocycles. The van der Waals surface area contributed by atoms with Crippen LogP contribution in [0.15, 0.2) is 24.3 Å². The second-order valence-corrected chi connectivity index (χ2v) is 4.39. The maximum absolute atomic E-state index is 11.9. The molecule has 0 bridgehead atoms. The Morgan fingerprint density at radius 1 is 1.32 bits per heavy atom. The highest BCUT2D eigenvalue weighted by Crippen LogP contribution is 2.09. The molecule has 0 heterocycles. The first-order valence-corrected chi connectivity index (χ1v) is 6.60. The SMILES string of the molecule is CCN(CC)C(C)COC(=O)c1ccc(NN)cc1. The molecular formula is C14H23N3O2. The Morgan fingerprint density at radius 3 is 2.37 bits per heavy atom. The molecule has 0 saturated carbocycles. The first-order chi connectivity index (χ1) is 9.12. The van der Waals surface area contributed by atoms with Crippen molar-refractivity contribution in [2.75, 3.05) is 25.1 Å². The van der Waals surface area contributed by atoms with Crippen LogP contribution in [0.5, 0.6) is 0 Å². The Morgan fingerprint density at radius 2 is 1.89 bits per heavy atom. The molecule has 0 saturated heterocycles. The third kappa shape index (κ3) is 4.54. The van der Waals surface area contributed by atoms with Crippen molar-refractivity contribution in [1.82, 2.24) is 4.90 Å². The molecule has 5 heteroatoms. The van der Waals surface area contributed by atoms with Crippen molar-refractivity contribution in [3.8, 4) is 0 Å². The molecule has 0 fully saturated rings. The number of hydrogen-bond donors (Lipinski definition) is 2. The van der Waals surface area contributed by atoms with E-state index in [9.17, 15) is 4.79 Å². The number of esters is 1. The fourth-order valence-electron chi connectivity index (χ4n) is 1.93. The molecule has 106 valence electrons. The fourth-order valence-corrected chi connectivity index (χ4v) is 1.93. The molecule has 5 nitrogen and oxygen atoms in total. The smallest absolute Gasteiger partial charge is 0.338 e. The molecular weight excluding hydrogens is 242 g/mol. The zero-order chi connectivity index (χ0) is 14.3. The van der Waals surface area contributed by atoms with Crippen LogP contribution in [0.3, 0.4) is 0 Å². The highest BCUT2D eigenvalue weighted by atomic mass is 16.5. The zero-order valence-corrected chi connectivity index (χ0v) is 11.8. The summed E-state index contributed by atoms with van der Waals surface area (Å²) in [5.41, 5.74) is 3.81. The van der Waals surface area contributed by atoms with Gasteiger partial charge in [0.1, 0.15) is 6.61 Å². The van der Waals surface area contributed by atoms with Crippen molar-refractivity contribution in [3.05, 3.63) is 29.8 Å². The van der Waals surface area contributed by atoms with Crippen LogP contribution >= 0.6 is 0 Å². The predicted octanol–water partition coefficient (Wildman–Crippen LogP) is 1.86. The summed E-state index contributed by atoms with van der Waals surface area (Å²) in [5.74, 6) is 4.96. The van der Waals surface area contributed by atoms with Crippen LogP contribution < -0.4 is 11.3 Å². The van der Waals surface area contributed by atoms with Crippen LogP contribution in [0.2, 0.25) is 0 Å². The number of rotatable bonds is 7. The summed E-state index contributed by atoms with van der Waals surface area (Å²) in [6.45, 7) is 8.55. The molecule has 1 atom stereocenters. The van der Waals surface area contributed by atoms with Gasteiger partial charge in [0.25, 0.3) is 0 Å². The third-order valence-corrected chi connectivity index (χ3v) is 3.18. The van der Waals surface area contributed by atoms with Gasteiger partial charge in [-0.3, -0.25) is 10.7 Å². The van der Waals surface area contributed by atoms with E-state index in [1.54, 1.807) is 24.3 Å². The van der Waals surface area contributed by atoms with Crippen molar-refractivity contribution in [1.29, 1.82) is 0 Å². The average molecular weight is 265 g/mol. The topological polar surface area (TPSA) is 67.6 Å². The Labute approximate surface area is 114 Å². The normalized spacial score (nSPS) is 12.3.